The molecule has 2 aromatic rings. The fourth-order valence-corrected chi connectivity index (χ4v) is 2.23. The highest BCUT2D eigenvalue weighted by Crippen LogP contribution is 2.13. The number of Topliss-reactive ketones (excluding diaryl/α,β-unsaturated/α-hetero) is 1. The molecule has 0 radical (unpaired) electrons. The second kappa shape index (κ2) is 5.85. The molecule has 0 N–H and O–H groups in total. The minimum atomic E-state index is -0.129. The van der Waals surface area contributed by atoms with Crippen LogP contribution in [0, 0.1) is 0 Å². The van der Waals surface area contributed by atoms with E-state index in [1.807, 2.05) is 67.1 Å². The smallest absolute Gasteiger partial charge is 0.196 e. The van der Waals surface area contributed by atoms with Gasteiger partial charge in [-0.25, -0.2) is 0 Å². The van der Waals surface area contributed by atoms with E-state index in [0.717, 1.165) is 12.1 Å². The Morgan fingerprint density at radius 1 is 1.16 bits per heavy atom. The molecular formula is C16H20N2O. The number of hydrogen-bond donors (Lipinski definition) is 0. The molecular weight excluding hydrogens is 236 g/mol. The second-order valence-corrected chi connectivity index (χ2v) is 5.04. The third-order valence-electron chi connectivity index (χ3n) is 3.39. The van der Waals surface area contributed by atoms with Crippen molar-refractivity contribution >= 4 is 5.78 Å². The van der Waals surface area contributed by atoms with E-state index < -0.39 is 0 Å². The minimum Gasteiger partial charge on any atom is -0.348 e. The van der Waals surface area contributed by atoms with E-state index in [1.165, 1.54) is 5.56 Å². The van der Waals surface area contributed by atoms with Gasteiger partial charge in [0.2, 0.25) is 0 Å². The molecule has 19 heavy (non-hydrogen) atoms. The molecule has 1 aromatic heterocycles. The van der Waals surface area contributed by atoms with Crippen molar-refractivity contribution in [3.05, 3.63) is 59.9 Å². The van der Waals surface area contributed by atoms with Crippen LogP contribution in [0.5, 0.6) is 0 Å². The first kappa shape index (κ1) is 13.6. The van der Waals surface area contributed by atoms with Crippen molar-refractivity contribution in [2.45, 2.75) is 12.5 Å². The lowest BCUT2D eigenvalue weighted by molar-refractivity contribution is 0.0866. The molecule has 0 bridgehead atoms. The number of likely N-dealkylation sites (N-methyl/N-ethyl adjacent to an activating group) is 1. The molecule has 0 amide bonds. The zero-order chi connectivity index (χ0) is 13.8. The van der Waals surface area contributed by atoms with Gasteiger partial charge in [-0.15, -0.1) is 0 Å². The van der Waals surface area contributed by atoms with Crippen molar-refractivity contribution in [1.29, 1.82) is 0 Å². The van der Waals surface area contributed by atoms with Crippen molar-refractivity contribution in [3.8, 4) is 0 Å². The molecule has 1 aromatic carbocycles. The average molecular weight is 256 g/mol. The van der Waals surface area contributed by atoms with Gasteiger partial charge in [-0.3, -0.25) is 9.69 Å². The highest BCUT2D eigenvalue weighted by atomic mass is 16.1. The Bertz CT molecular complexity index is 543. The van der Waals surface area contributed by atoms with Gasteiger partial charge in [0.1, 0.15) is 0 Å². The molecule has 0 saturated carbocycles. The van der Waals surface area contributed by atoms with Crippen molar-refractivity contribution in [2.75, 3.05) is 14.1 Å². The van der Waals surface area contributed by atoms with Crippen LogP contribution in [0.1, 0.15) is 16.1 Å². The Morgan fingerprint density at radius 2 is 1.84 bits per heavy atom. The average Bonchev–Trinajstić information content (AvgIpc) is 2.82. The first-order valence-corrected chi connectivity index (χ1v) is 6.45. The molecule has 0 aliphatic carbocycles. The Balaban J connectivity index is 2.22. The first-order chi connectivity index (χ1) is 9.09. The zero-order valence-electron chi connectivity index (χ0n) is 11.7. The summed E-state index contributed by atoms with van der Waals surface area (Å²) in [6.45, 7) is 0. The van der Waals surface area contributed by atoms with Crippen molar-refractivity contribution in [2.24, 2.45) is 7.05 Å². The molecule has 0 spiro atoms. The summed E-state index contributed by atoms with van der Waals surface area (Å²) in [6, 6.07) is 13.8. The molecule has 1 atom stereocenters. The molecule has 3 heteroatoms. The highest BCUT2D eigenvalue weighted by Gasteiger charge is 2.24. The van der Waals surface area contributed by atoms with Crippen LogP contribution in [-0.4, -0.2) is 35.4 Å². The van der Waals surface area contributed by atoms with Crippen molar-refractivity contribution in [3.63, 3.8) is 0 Å². The van der Waals surface area contributed by atoms with Crippen LogP contribution in [0.2, 0.25) is 0 Å². The molecule has 1 heterocycles. The Kier molecular flexibility index (Phi) is 4.17. The number of ketones is 1. The number of carbonyl (C=O) groups is 1. The monoisotopic (exact) mass is 256 g/mol. The molecule has 0 unspecified atom stereocenters. The predicted octanol–water partition coefficient (Wildman–Crippen LogP) is 2.38. The fourth-order valence-electron chi connectivity index (χ4n) is 2.23. The van der Waals surface area contributed by atoms with Gasteiger partial charge in [-0.1, -0.05) is 30.3 Å². The largest absolute Gasteiger partial charge is 0.348 e. The number of rotatable bonds is 5. The van der Waals surface area contributed by atoms with E-state index in [0.29, 0.717) is 0 Å². The maximum atomic E-state index is 12.6. The summed E-state index contributed by atoms with van der Waals surface area (Å²) in [4.78, 5) is 14.6. The highest BCUT2D eigenvalue weighted by molar-refractivity contribution is 5.99. The number of carbonyl (C=O) groups excluding carboxylic acids is 1. The van der Waals surface area contributed by atoms with E-state index in [1.54, 1.807) is 0 Å². The molecule has 0 fully saturated rings. The molecule has 3 nitrogen and oxygen atoms in total. The van der Waals surface area contributed by atoms with Gasteiger partial charge in [-0.05, 0) is 38.2 Å². The van der Waals surface area contributed by atoms with Gasteiger partial charge in [0, 0.05) is 13.2 Å². The lowest BCUT2D eigenvalue weighted by Gasteiger charge is -2.23. The zero-order valence-corrected chi connectivity index (χ0v) is 11.7. The van der Waals surface area contributed by atoms with E-state index in [9.17, 15) is 4.79 Å². The van der Waals surface area contributed by atoms with Crippen LogP contribution in [-0.2, 0) is 13.5 Å². The van der Waals surface area contributed by atoms with Gasteiger partial charge in [0.15, 0.2) is 5.78 Å². The number of aryl methyl sites for hydroxylation is 1. The molecule has 2 rings (SSSR count). The quantitative estimate of drug-likeness (QED) is 0.767. The standard InChI is InChI=1S/C16H20N2O/c1-17(2)15(12-13-8-5-4-6-9-13)16(19)14-10-7-11-18(14)3/h4-11,15H,12H2,1-3H3/t15-/m0/s1. The van der Waals surface area contributed by atoms with Crippen molar-refractivity contribution < 1.29 is 4.79 Å². The van der Waals surface area contributed by atoms with Crippen LogP contribution in [0.15, 0.2) is 48.7 Å². The lowest BCUT2D eigenvalue weighted by Crippen LogP contribution is -2.38. The summed E-state index contributed by atoms with van der Waals surface area (Å²) < 4.78 is 1.88. The number of nitrogens with zero attached hydrogens (tertiary/aromatic N) is 2. The molecule has 0 aliphatic rings. The first-order valence-electron chi connectivity index (χ1n) is 6.45. The summed E-state index contributed by atoms with van der Waals surface area (Å²) in [7, 11) is 5.81. The number of aromatic nitrogens is 1. The third kappa shape index (κ3) is 3.12. The van der Waals surface area contributed by atoms with Crippen molar-refractivity contribution in [1.82, 2.24) is 9.47 Å². The van der Waals surface area contributed by atoms with Gasteiger partial charge in [0.05, 0.1) is 11.7 Å². The Labute approximate surface area is 114 Å². The minimum absolute atomic E-state index is 0.129. The SMILES string of the molecule is CN(C)[C@@H](Cc1ccccc1)C(=O)c1cccn1C. The van der Waals surface area contributed by atoms with Gasteiger partial charge >= 0.3 is 0 Å². The summed E-state index contributed by atoms with van der Waals surface area (Å²) >= 11 is 0. The van der Waals surface area contributed by atoms with Gasteiger partial charge < -0.3 is 4.57 Å². The fraction of sp³-hybridized carbons (Fsp3) is 0.312. The van der Waals surface area contributed by atoms with Gasteiger partial charge in [0.25, 0.3) is 0 Å². The lowest BCUT2D eigenvalue weighted by atomic mass is 10.00. The second-order valence-electron chi connectivity index (χ2n) is 5.04. The maximum absolute atomic E-state index is 12.6. The normalized spacial score (nSPS) is 12.6. The Hall–Kier alpha value is -1.87. The van der Waals surface area contributed by atoms with Crippen LogP contribution >= 0.6 is 0 Å². The number of hydrogen-bond acceptors (Lipinski definition) is 2. The maximum Gasteiger partial charge on any atom is 0.196 e. The van der Waals surface area contributed by atoms with E-state index in [-0.39, 0.29) is 11.8 Å². The van der Waals surface area contributed by atoms with Crippen LogP contribution in [0.4, 0.5) is 0 Å². The summed E-state index contributed by atoms with van der Waals surface area (Å²) in [5, 5.41) is 0. The van der Waals surface area contributed by atoms with E-state index in [2.05, 4.69) is 12.1 Å². The molecule has 100 valence electrons. The van der Waals surface area contributed by atoms with Crippen LogP contribution in [0.25, 0.3) is 0 Å². The topological polar surface area (TPSA) is 25.2 Å². The van der Waals surface area contributed by atoms with E-state index >= 15 is 0 Å². The predicted molar refractivity (Wildman–Crippen MR) is 77.4 cm³/mol. The molecule has 0 saturated heterocycles. The number of benzene rings is 1. The summed E-state index contributed by atoms with van der Waals surface area (Å²) in [5.74, 6) is 0.168. The third-order valence-corrected chi connectivity index (χ3v) is 3.39. The molecule has 0 aliphatic heterocycles. The van der Waals surface area contributed by atoms with Gasteiger partial charge in [-0.2, -0.15) is 0 Å². The van der Waals surface area contributed by atoms with E-state index in [4.69, 9.17) is 0 Å². The van der Waals surface area contributed by atoms with Crippen LogP contribution < -0.4 is 0 Å². The summed E-state index contributed by atoms with van der Waals surface area (Å²) in [5.41, 5.74) is 1.94. The van der Waals surface area contributed by atoms with Crippen LogP contribution in [0.3, 0.4) is 0 Å². The Morgan fingerprint density at radius 3 is 2.37 bits per heavy atom. The summed E-state index contributed by atoms with van der Waals surface area (Å²) in [6.07, 6.45) is 2.64.